The summed E-state index contributed by atoms with van der Waals surface area (Å²) in [5, 5.41) is 0. The maximum Gasteiger partial charge on any atom is 2.00 e. The van der Waals surface area contributed by atoms with Crippen molar-refractivity contribution in [3.8, 4) is 0 Å². The van der Waals surface area contributed by atoms with Crippen LogP contribution < -0.4 is 6.15 Å². The summed E-state index contributed by atoms with van der Waals surface area (Å²) in [7, 11) is -5.17. The first-order valence-corrected chi connectivity index (χ1v) is 2.00. The molecule has 12 heavy (non-hydrogen) atoms. The van der Waals surface area contributed by atoms with E-state index in [-0.39, 0.29) is 50.6 Å². The molecule has 0 saturated carbocycles. The van der Waals surface area contributed by atoms with Crippen LogP contribution in [0.3, 0.4) is 0 Å². The smallest absolute Gasteiger partial charge is 0.759 e. The average Bonchev–Trinajstić information content (AvgIpc) is 0.722. The van der Waals surface area contributed by atoms with E-state index >= 15 is 0 Å². The van der Waals surface area contributed by atoms with Crippen LogP contribution >= 0.6 is 0 Å². The van der Waals surface area contributed by atoms with Gasteiger partial charge in [0.25, 0.3) is 0 Å². The fourth-order valence-electron chi connectivity index (χ4n) is 0. The quantitative estimate of drug-likeness (QED) is 0.256. The molecule has 0 atom stereocenters. The molecule has 89 valence electrons. The summed E-state index contributed by atoms with van der Waals surface area (Å²) in [6.07, 6.45) is 0. The molecule has 0 aliphatic carbocycles. The van der Waals surface area contributed by atoms with Gasteiger partial charge in [0.05, 0.1) is 0 Å². The van der Waals surface area contributed by atoms with Gasteiger partial charge in [-0.3, -0.25) is 8.42 Å². The van der Waals surface area contributed by atoms with Crippen molar-refractivity contribution in [1.82, 2.24) is 6.15 Å². The average molecular weight is 268 g/mol. The Morgan fingerprint density at radius 2 is 0.750 bits per heavy atom. The summed E-state index contributed by atoms with van der Waals surface area (Å²) < 4.78 is 34.1. The minimum Gasteiger partial charge on any atom is -0.759 e. The predicted octanol–water partition coefficient (Wildman–Crippen LogP) is -5.09. The van der Waals surface area contributed by atoms with E-state index in [0.717, 1.165) is 0 Å². The zero-order valence-electron chi connectivity index (χ0n) is 5.84. The topological polar surface area (TPSA) is 274 Å². The van der Waals surface area contributed by atoms with E-state index in [1.165, 1.54) is 0 Å². The SMILES string of the molecule is O.O.O.O.O.O=S(=O)([O-])[O-].[Cu+2].[NH4+]. The molecular formula is H14CuNO9S+. The standard InChI is InChI=1S/Cu.H3N.H2O4S.5H2O/c;;1-5(2,3)4;;;;;/h;1H3;(H2,1,2,3,4);5*1H2/q+2;;;;;;;/p-1. The largest absolute Gasteiger partial charge is 2.00 e. The minimum absolute atomic E-state index is 0. The van der Waals surface area contributed by atoms with E-state index < -0.39 is 10.4 Å². The second-order valence-corrected chi connectivity index (χ2v) is 1.22. The molecule has 0 aromatic rings. The molecule has 0 amide bonds. The molecular weight excluding hydrogens is 254 g/mol. The predicted molar refractivity (Wildman–Crippen MR) is 34.5 cm³/mol. The normalized spacial score (nSPS) is 4.83. The van der Waals surface area contributed by atoms with Gasteiger partial charge in [0, 0.05) is 10.4 Å². The van der Waals surface area contributed by atoms with Crippen LogP contribution in [0.4, 0.5) is 0 Å². The Hall–Kier alpha value is 0.149. The van der Waals surface area contributed by atoms with E-state index in [1.54, 1.807) is 0 Å². The van der Waals surface area contributed by atoms with Crippen LogP contribution in [-0.2, 0) is 27.5 Å². The number of rotatable bonds is 0. The molecule has 0 aromatic carbocycles. The van der Waals surface area contributed by atoms with Crippen molar-refractivity contribution in [1.29, 1.82) is 0 Å². The van der Waals surface area contributed by atoms with Gasteiger partial charge in [-0.05, 0) is 0 Å². The molecule has 0 fully saturated rings. The molecule has 1 radical (unpaired) electrons. The van der Waals surface area contributed by atoms with E-state index in [2.05, 4.69) is 0 Å². The van der Waals surface area contributed by atoms with Crippen molar-refractivity contribution >= 4 is 10.4 Å². The Kier molecular flexibility index (Phi) is 222. The van der Waals surface area contributed by atoms with Gasteiger partial charge in [0.2, 0.25) is 0 Å². The Morgan fingerprint density at radius 1 is 0.750 bits per heavy atom. The molecule has 0 spiro atoms. The first-order valence-electron chi connectivity index (χ1n) is 0.667. The maximum absolute atomic E-state index is 8.52. The van der Waals surface area contributed by atoms with E-state index in [0.29, 0.717) is 0 Å². The summed E-state index contributed by atoms with van der Waals surface area (Å²) in [6, 6.07) is 0. The summed E-state index contributed by atoms with van der Waals surface area (Å²) in [5.41, 5.74) is 0. The first-order chi connectivity index (χ1) is 2.00. The molecule has 0 aliphatic heterocycles. The first kappa shape index (κ1) is 87.7. The zero-order chi connectivity index (χ0) is 4.50. The monoisotopic (exact) mass is 267 g/mol. The number of quaternary nitrogens is 1. The fraction of sp³-hybridized carbons (Fsp3) is 0. The Balaban J connectivity index is -0.00000000381. The molecule has 14 N–H and O–H groups in total. The second-order valence-electron chi connectivity index (χ2n) is 0.408. The van der Waals surface area contributed by atoms with Gasteiger partial charge in [-0.15, -0.1) is 0 Å². The molecule has 0 bridgehead atoms. The van der Waals surface area contributed by atoms with E-state index in [4.69, 9.17) is 17.5 Å². The van der Waals surface area contributed by atoms with Gasteiger partial charge in [0.15, 0.2) is 0 Å². The summed E-state index contributed by atoms with van der Waals surface area (Å²) >= 11 is 0. The van der Waals surface area contributed by atoms with Crippen molar-refractivity contribution < 1.29 is 62.0 Å². The van der Waals surface area contributed by atoms with Crippen molar-refractivity contribution in [3.05, 3.63) is 0 Å². The number of hydrogen-bond acceptors (Lipinski definition) is 4. The summed E-state index contributed by atoms with van der Waals surface area (Å²) in [6.45, 7) is 0. The van der Waals surface area contributed by atoms with Gasteiger partial charge >= 0.3 is 17.1 Å². The third-order valence-electron chi connectivity index (χ3n) is 0. The number of hydrogen-bond donors (Lipinski definition) is 1. The van der Waals surface area contributed by atoms with Crippen LogP contribution in [0.5, 0.6) is 0 Å². The third kappa shape index (κ3) is 38000. The van der Waals surface area contributed by atoms with Crippen LogP contribution in [0, 0.1) is 0 Å². The van der Waals surface area contributed by atoms with Crippen molar-refractivity contribution in [2.45, 2.75) is 0 Å². The molecule has 0 saturated heterocycles. The Labute approximate surface area is 79.1 Å². The molecule has 10 nitrogen and oxygen atoms in total. The van der Waals surface area contributed by atoms with Crippen LogP contribution in [0.15, 0.2) is 0 Å². The van der Waals surface area contributed by atoms with Gasteiger partial charge in [0.1, 0.15) is 0 Å². The molecule has 12 heteroatoms. The van der Waals surface area contributed by atoms with Crippen LogP contribution in [0.1, 0.15) is 0 Å². The van der Waals surface area contributed by atoms with Crippen LogP contribution in [-0.4, -0.2) is 44.9 Å². The minimum atomic E-state index is -5.17. The van der Waals surface area contributed by atoms with Crippen molar-refractivity contribution in [2.75, 3.05) is 0 Å². The maximum atomic E-state index is 8.52. The zero-order valence-corrected chi connectivity index (χ0v) is 7.60. The van der Waals surface area contributed by atoms with Gasteiger partial charge in [-0.1, -0.05) is 0 Å². The Bertz CT molecular complexity index is 97.7. The van der Waals surface area contributed by atoms with Gasteiger partial charge in [-0.25, -0.2) is 0 Å². The fourth-order valence-corrected chi connectivity index (χ4v) is 0. The Morgan fingerprint density at radius 3 is 0.750 bits per heavy atom. The summed E-state index contributed by atoms with van der Waals surface area (Å²) in [4.78, 5) is 0. The molecule has 0 unspecified atom stereocenters. The molecule has 0 aromatic heterocycles. The third-order valence-corrected chi connectivity index (χ3v) is 0. The molecule has 0 heterocycles. The molecule has 0 rings (SSSR count). The van der Waals surface area contributed by atoms with E-state index in [9.17, 15) is 0 Å². The summed E-state index contributed by atoms with van der Waals surface area (Å²) in [5.74, 6) is 0. The van der Waals surface area contributed by atoms with Gasteiger partial charge < -0.3 is 42.6 Å². The second kappa shape index (κ2) is 30.4. The van der Waals surface area contributed by atoms with E-state index in [1.807, 2.05) is 0 Å². The van der Waals surface area contributed by atoms with Crippen LogP contribution in [0.25, 0.3) is 0 Å². The van der Waals surface area contributed by atoms with Crippen LogP contribution in [0.2, 0.25) is 0 Å². The van der Waals surface area contributed by atoms with Gasteiger partial charge in [-0.2, -0.15) is 0 Å². The molecule has 0 aliphatic rings. The van der Waals surface area contributed by atoms with Crippen molar-refractivity contribution in [2.24, 2.45) is 0 Å². The van der Waals surface area contributed by atoms with Crippen molar-refractivity contribution in [3.63, 3.8) is 0 Å².